The van der Waals surface area contributed by atoms with Crippen LogP contribution in [0.4, 0.5) is 5.95 Å². The van der Waals surface area contributed by atoms with Gasteiger partial charge in [0.2, 0.25) is 5.95 Å². The van der Waals surface area contributed by atoms with Gasteiger partial charge in [-0.3, -0.25) is 9.48 Å². The number of aryl methyl sites for hydroxylation is 2. The van der Waals surface area contributed by atoms with Crippen LogP contribution in [0.25, 0.3) is 0 Å². The van der Waals surface area contributed by atoms with Gasteiger partial charge in [0.05, 0.1) is 17.5 Å². The minimum absolute atomic E-state index is 0.105. The minimum Gasteiger partial charge on any atom is -0.368 e. The highest BCUT2D eigenvalue weighted by Gasteiger charge is 2.15. The SMILES string of the molecule is Cc1nc(N)ncc1C(=O)N(C)CCc1cnn(C)c1. The normalized spacial score (nSPS) is 10.6. The van der Waals surface area contributed by atoms with Crippen molar-refractivity contribution < 1.29 is 4.79 Å². The Balaban J connectivity index is 2.01. The molecule has 106 valence electrons. The fraction of sp³-hybridized carbons (Fsp3) is 0.385. The predicted molar refractivity (Wildman–Crippen MR) is 75.1 cm³/mol. The van der Waals surface area contributed by atoms with Gasteiger partial charge in [0.25, 0.3) is 5.91 Å². The lowest BCUT2D eigenvalue weighted by atomic mass is 10.2. The summed E-state index contributed by atoms with van der Waals surface area (Å²) in [5.41, 5.74) is 7.65. The molecular formula is C13H18N6O. The molecule has 7 heteroatoms. The van der Waals surface area contributed by atoms with Gasteiger partial charge in [0.1, 0.15) is 0 Å². The van der Waals surface area contributed by atoms with E-state index in [9.17, 15) is 4.79 Å². The monoisotopic (exact) mass is 274 g/mol. The third kappa shape index (κ3) is 3.11. The fourth-order valence-corrected chi connectivity index (χ4v) is 1.90. The topological polar surface area (TPSA) is 89.9 Å². The summed E-state index contributed by atoms with van der Waals surface area (Å²) in [6.45, 7) is 2.36. The van der Waals surface area contributed by atoms with E-state index in [-0.39, 0.29) is 11.9 Å². The fourth-order valence-electron chi connectivity index (χ4n) is 1.90. The summed E-state index contributed by atoms with van der Waals surface area (Å²) in [7, 11) is 3.63. The van der Waals surface area contributed by atoms with E-state index in [1.165, 1.54) is 6.20 Å². The van der Waals surface area contributed by atoms with Crippen LogP contribution in [0, 0.1) is 6.92 Å². The second-order valence-corrected chi connectivity index (χ2v) is 4.73. The van der Waals surface area contributed by atoms with Crippen LogP contribution in [-0.4, -0.2) is 44.1 Å². The van der Waals surface area contributed by atoms with E-state index in [4.69, 9.17) is 5.73 Å². The number of hydrogen-bond donors (Lipinski definition) is 1. The summed E-state index contributed by atoms with van der Waals surface area (Å²) in [6, 6.07) is 0. The van der Waals surface area contributed by atoms with Gasteiger partial charge in [-0.2, -0.15) is 5.10 Å². The Morgan fingerprint density at radius 1 is 1.45 bits per heavy atom. The maximum Gasteiger partial charge on any atom is 0.257 e. The van der Waals surface area contributed by atoms with Crippen LogP contribution >= 0.6 is 0 Å². The molecular weight excluding hydrogens is 256 g/mol. The number of amides is 1. The number of nitrogens with zero attached hydrogens (tertiary/aromatic N) is 5. The second-order valence-electron chi connectivity index (χ2n) is 4.73. The highest BCUT2D eigenvalue weighted by Crippen LogP contribution is 2.09. The molecule has 0 aliphatic rings. The van der Waals surface area contributed by atoms with Crippen LogP contribution in [-0.2, 0) is 13.5 Å². The van der Waals surface area contributed by atoms with Gasteiger partial charge in [-0.15, -0.1) is 0 Å². The molecule has 1 amide bonds. The molecule has 0 aromatic carbocycles. The first-order valence-corrected chi connectivity index (χ1v) is 6.29. The molecule has 2 rings (SSSR count). The molecule has 0 saturated carbocycles. The van der Waals surface area contributed by atoms with E-state index in [0.29, 0.717) is 17.8 Å². The summed E-state index contributed by atoms with van der Waals surface area (Å²) in [4.78, 5) is 21.8. The Bertz CT molecular complexity index is 621. The Morgan fingerprint density at radius 3 is 2.80 bits per heavy atom. The van der Waals surface area contributed by atoms with Crippen molar-refractivity contribution in [1.29, 1.82) is 0 Å². The average molecular weight is 274 g/mol. The second kappa shape index (κ2) is 5.68. The standard InChI is InChI=1S/C13H18N6O/c1-9-11(7-15-13(14)17-9)12(20)18(2)5-4-10-6-16-19(3)8-10/h6-8H,4-5H2,1-3H3,(H2,14,15,17). The molecule has 2 N–H and O–H groups in total. The zero-order chi connectivity index (χ0) is 14.7. The number of carbonyl (C=O) groups excluding carboxylic acids is 1. The van der Waals surface area contributed by atoms with E-state index in [2.05, 4.69) is 15.1 Å². The van der Waals surface area contributed by atoms with Crippen molar-refractivity contribution in [3.8, 4) is 0 Å². The van der Waals surface area contributed by atoms with E-state index < -0.39 is 0 Å². The maximum absolute atomic E-state index is 12.3. The predicted octanol–water partition coefficient (Wildman–Crippen LogP) is 0.415. The molecule has 0 fully saturated rings. The third-order valence-electron chi connectivity index (χ3n) is 3.07. The van der Waals surface area contributed by atoms with E-state index in [1.54, 1.807) is 29.7 Å². The van der Waals surface area contributed by atoms with Crippen molar-refractivity contribution in [2.24, 2.45) is 7.05 Å². The van der Waals surface area contributed by atoms with Gasteiger partial charge >= 0.3 is 0 Å². The first-order chi connectivity index (χ1) is 9.47. The van der Waals surface area contributed by atoms with Crippen molar-refractivity contribution >= 4 is 11.9 Å². The van der Waals surface area contributed by atoms with Gasteiger partial charge in [-0.05, 0) is 18.9 Å². The zero-order valence-electron chi connectivity index (χ0n) is 11.9. The van der Waals surface area contributed by atoms with Gasteiger partial charge in [0.15, 0.2) is 0 Å². The zero-order valence-corrected chi connectivity index (χ0v) is 11.9. The quantitative estimate of drug-likeness (QED) is 0.872. The van der Waals surface area contributed by atoms with Crippen molar-refractivity contribution in [3.63, 3.8) is 0 Å². The van der Waals surface area contributed by atoms with Crippen LogP contribution in [0.1, 0.15) is 21.6 Å². The van der Waals surface area contributed by atoms with E-state index >= 15 is 0 Å². The first-order valence-electron chi connectivity index (χ1n) is 6.29. The highest BCUT2D eigenvalue weighted by atomic mass is 16.2. The number of nitrogens with two attached hydrogens (primary N) is 1. The van der Waals surface area contributed by atoms with E-state index in [1.807, 2.05) is 13.2 Å². The van der Waals surface area contributed by atoms with E-state index in [0.717, 1.165) is 12.0 Å². The molecule has 0 aliphatic carbocycles. The van der Waals surface area contributed by atoms with Gasteiger partial charge < -0.3 is 10.6 Å². The number of anilines is 1. The van der Waals surface area contributed by atoms with Crippen LogP contribution in [0.2, 0.25) is 0 Å². The molecule has 0 aliphatic heterocycles. The number of rotatable bonds is 4. The van der Waals surface area contributed by atoms with Gasteiger partial charge in [-0.25, -0.2) is 9.97 Å². The maximum atomic E-state index is 12.3. The number of likely N-dealkylation sites (N-methyl/N-ethyl adjacent to an activating group) is 1. The van der Waals surface area contributed by atoms with Crippen LogP contribution in [0.3, 0.4) is 0 Å². The lowest BCUT2D eigenvalue weighted by Crippen LogP contribution is -2.29. The summed E-state index contributed by atoms with van der Waals surface area (Å²) < 4.78 is 1.75. The summed E-state index contributed by atoms with van der Waals surface area (Å²) in [6.07, 6.45) is 5.97. The molecule has 0 radical (unpaired) electrons. The van der Waals surface area contributed by atoms with Crippen molar-refractivity contribution in [2.75, 3.05) is 19.3 Å². The lowest BCUT2D eigenvalue weighted by molar-refractivity contribution is 0.0795. The Kier molecular flexibility index (Phi) is 3.97. The van der Waals surface area contributed by atoms with Gasteiger partial charge in [0, 0.05) is 33.0 Å². The molecule has 0 atom stereocenters. The molecule has 2 aromatic heterocycles. The van der Waals surface area contributed by atoms with Crippen molar-refractivity contribution in [2.45, 2.75) is 13.3 Å². The number of nitrogen functional groups attached to an aromatic ring is 1. The molecule has 0 bridgehead atoms. The molecule has 0 unspecified atom stereocenters. The summed E-state index contributed by atoms with van der Waals surface area (Å²) in [5, 5.41) is 4.10. The lowest BCUT2D eigenvalue weighted by Gasteiger charge is -2.17. The number of aromatic nitrogens is 4. The number of hydrogen-bond acceptors (Lipinski definition) is 5. The molecule has 7 nitrogen and oxygen atoms in total. The molecule has 2 aromatic rings. The molecule has 0 saturated heterocycles. The molecule has 2 heterocycles. The first kappa shape index (κ1) is 14.0. The smallest absolute Gasteiger partial charge is 0.257 e. The highest BCUT2D eigenvalue weighted by molar-refractivity contribution is 5.94. The van der Waals surface area contributed by atoms with Crippen molar-refractivity contribution in [1.82, 2.24) is 24.6 Å². The largest absolute Gasteiger partial charge is 0.368 e. The van der Waals surface area contributed by atoms with Gasteiger partial charge in [-0.1, -0.05) is 0 Å². The van der Waals surface area contributed by atoms with Crippen LogP contribution < -0.4 is 5.73 Å². The average Bonchev–Trinajstić information content (AvgIpc) is 2.81. The Labute approximate surface area is 117 Å². The Hall–Kier alpha value is -2.44. The molecule has 0 spiro atoms. The Morgan fingerprint density at radius 2 is 2.20 bits per heavy atom. The summed E-state index contributed by atoms with van der Waals surface area (Å²) in [5.74, 6) is 0.0726. The van der Waals surface area contributed by atoms with Crippen LogP contribution in [0.15, 0.2) is 18.6 Å². The third-order valence-corrected chi connectivity index (χ3v) is 3.07. The summed E-state index contributed by atoms with van der Waals surface area (Å²) >= 11 is 0. The van der Waals surface area contributed by atoms with Crippen LogP contribution in [0.5, 0.6) is 0 Å². The minimum atomic E-state index is -0.105. The number of carbonyl (C=O) groups is 1. The van der Waals surface area contributed by atoms with Crippen molar-refractivity contribution in [3.05, 3.63) is 35.4 Å². The molecule has 20 heavy (non-hydrogen) atoms.